The first kappa shape index (κ1) is 15.5. The molecule has 0 aliphatic heterocycles. The maximum absolute atomic E-state index is 12.4. The van der Waals surface area contributed by atoms with E-state index in [9.17, 15) is 9.59 Å². The van der Waals surface area contributed by atoms with E-state index in [1.165, 1.54) is 0 Å². The molecule has 0 aliphatic carbocycles. The standard InChI is InChI=1S/C14H18ClNO3/c1-4-16(10(3)8-13(17)18)14(19)11-5-6-12(15)9(2)7-11/h5-7,10H,4,8H2,1-3H3,(H,17,18). The van der Waals surface area contributed by atoms with Crippen molar-refractivity contribution in [2.24, 2.45) is 0 Å². The Labute approximate surface area is 118 Å². The van der Waals surface area contributed by atoms with Crippen molar-refractivity contribution >= 4 is 23.5 Å². The Hall–Kier alpha value is -1.55. The van der Waals surface area contributed by atoms with Crippen molar-refractivity contribution in [2.75, 3.05) is 6.54 Å². The zero-order chi connectivity index (χ0) is 14.6. The number of hydrogen-bond donors (Lipinski definition) is 1. The minimum absolute atomic E-state index is 0.0633. The van der Waals surface area contributed by atoms with Crippen LogP contribution < -0.4 is 0 Å². The molecular formula is C14H18ClNO3. The highest BCUT2D eigenvalue weighted by Crippen LogP contribution is 2.18. The summed E-state index contributed by atoms with van der Waals surface area (Å²) in [5.41, 5.74) is 1.36. The van der Waals surface area contributed by atoms with Crippen LogP contribution in [-0.2, 0) is 4.79 Å². The van der Waals surface area contributed by atoms with E-state index in [1.54, 1.807) is 30.0 Å². The van der Waals surface area contributed by atoms with Crippen LogP contribution in [0.3, 0.4) is 0 Å². The zero-order valence-electron chi connectivity index (χ0n) is 11.3. The third-order valence-electron chi connectivity index (χ3n) is 3.01. The molecule has 1 aromatic carbocycles. The number of rotatable bonds is 5. The highest BCUT2D eigenvalue weighted by molar-refractivity contribution is 6.31. The normalized spacial score (nSPS) is 12.0. The highest BCUT2D eigenvalue weighted by atomic mass is 35.5. The van der Waals surface area contributed by atoms with Crippen LogP contribution >= 0.6 is 11.6 Å². The molecule has 1 aromatic rings. The molecule has 5 heteroatoms. The van der Waals surface area contributed by atoms with Gasteiger partial charge in [-0.05, 0) is 44.5 Å². The van der Waals surface area contributed by atoms with Crippen LogP contribution in [-0.4, -0.2) is 34.5 Å². The van der Waals surface area contributed by atoms with E-state index in [0.29, 0.717) is 17.1 Å². The second kappa shape index (κ2) is 6.57. The van der Waals surface area contributed by atoms with Crippen LogP contribution in [0.25, 0.3) is 0 Å². The quantitative estimate of drug-likeness (QED) is 0.904. The summed E-state index contributed by atoms with van der Waals surface area (Å²) in [6.07, 6.45) is -0.0633. The first-order valence-corrected chi connectivity index (χ1v) is 6.53. The summed E-state index contributed by atoms with van der Waals surface area (Å²) < 4.78 is 0. The van der Waals surface area contributed by atoms with Crippen molar-refractivity contribution in [1.82, 2.24) is 4.90 Å². The maximum Gasteiger partial charge on any atom is 0.305 e. The second-order valence-electron chi connectivity index (χ2n) is 4.50. The van der Waals surface area contributed by atoms with Crippen LogP contribution in [0, 0.1) is 6.92 Å². The van der Waals surface area contributed by atoms with Crippen molar-refractivity contribution in [3.05, 3.63) is 34.3 Å². The number of benzene rings is 1. The largest absolute Gasteiger partial charge is 0.481 e. The molecule has 1 rings (SSSR count). The van der Waals surface area contributed by atoms with Crippen molar-refractivity contribution < 1.29 is 14.7 Å². The van der Waals surface area contributed by atoms with Gasteiger partial charge in [0.25, 0.3) is 5.91 Å². The van der Waals surface area contributed by atoms with Gasteiger partial charge in [-0.15, -0.1) is 0 Å². The number of nitrogens with zero attached hydrogens (tertiary/aromatic N) is 1. The molecule has 0 aliphatic rings. The predicted molar refractivity (Wildman–Crippen MR) is 74.6 cm³/mol. The van der Waals surface area contributed by atoms with E-state index < -0.39 is 5.97 Å². The van der Waals surface area contributed by atoms with Gasteiger partial charge in [0.05, 0.1) is 6.42 Å². The van der Waals surface area contributed by atoms with Crippen LogP contribution in [0.5, 0.6) is 0 Å². The van der Waals surface area contributed by atoms with Gasteiger partial charge in [-0.25, -0.2) is 0 Å². The molecule has 1 amide bonds. The molecule has 1 atom stereocenters. The van der Waals surface area contributed by atoms with Crippen LogP contribution in [0.1, 0.15) is 36.2 Å². The summed E-state index contributed by atoms with van der Waals surface area (Å²) in [6, 6.07) is 4.72. The number of halogens is 1. The molecule has 1 unspecified atom stereocenters. The lowest BCUT2D eigenvalue weighted by Gasteiger charge is -2.27. The number of carboxylic acids is 1. The van der Waals surface area contributed by atoms with Crippen molar-refractivity contribution in [2.45, 2.75) is 33.2 Å². The fourth-order valence-electron chi connectivity index (χ4n) is 1.96. The summed E-state index contributed by atoms with van der Waals surface area (Å²) in [5, 5.41) is 9.42. The fourth-order valence-corrected chi connectivity index (χ4v) is 2.08. The molecule has 4 nitrogen and oxygen atoms in total. The van der Waals surface area contributed by atoms with Gasteiger partial charge in [0.2, 0.25) is 0 Å². The molecule has 0 spiro atoms. The molecular weight excluding hydrogens is 266 g/mol. The van der Waals surface area contributed by atoms with Gasteiger partial charge in [0, 0.05) is 23.2 Å². The average Bonchev–Trinajstić information content (AvgIpc) is 2.32. The number of carbonyl (C=O) groups excluding carboxylic acids is 1. The van der Waals surface area contributed by atoms with Gasteiger partial charge >= 0.3 is 5.97 Å². The predicted octanol–water partition coefficient (Wildman–Crippen LogP) is 2.97. The van der Waals surface area contributed by atoms with Gasteiger partial charge < -0.3 is 10.0 Å². The molecule has 1 N–H and O–H groups in total. The Balaban J connectivity index is 2.94. The third-order valence-corrected chi connectivity index (χ3v) is 3.43. The number of amides is 1. The van der Waals surface area contributed by atoms with Gasteiger partial charge in [-0.3, -0.25) is 9.59 Å². The van der Waals surface area contributed by atoms with Gasteiger partial charge in [0.1, 0.15) is 0 Å². The Morgan fingerprint density at radius 2 is 2.05 bits per heavy atom. The number of carbonyl (C=O) groups is 2. The van der Waals surface area contributed by atoms with E-state index in [0.717, 1.165) is 5.56 Å². The molecule has 0 saturated carbocycles. The summed E-state index contributed by atoms with van der Waals surface area (Å²) in [4.78, 5) is 24.6. The van der Waals surface area contributed by atoms with E-state index in [4.69, 9.17) is 16.7 Å². The lowest BCUT2D eigenvalue weighted by atomic mass is 10.1. The Morgan fingerprint density at radius 3 is 2.53 bits per heavy atom. The zero-order valence-corrected chi connectivity index (χ0v) is 12.1. The monoisotopic (exact) mass is 283 g/mol. The first-order valence-electron chi connectivity index (χ1n) is 6.15. The molecule has 0 fully saturated rings. The fraction of sp³-hybridized carbons (Fsp3) is 0.429. The van der Waals surface area contributed by atoms with Crippen molar-refractivity contribution in [1.29, 1.82) is 0 Å². The minimum Gasteiger partial charge on any atom is -0.481 e. The van der Waals surface area contributed by atoms with Gasteiger partial charge in [-0.2, -0.15) is 0 Å². The summed E-state index contributed by atoms with van der Waals surface area (Å²) in [7, 11) is 0. The van der Waals surface area contributed by atoms with Gasteiger partial charge in [-0.1, -0.05) is 11.6 Å². The SMILES string of the molecule is CCN(C(=O)c1ccc(Cl)c(C)c1)C(C)CC(=O)O. The Kier molecular flexibility index (Phi) is 5.36. The molecule has 0 heterocycles. The Morgan fingerprint density at radius 1 is 1.42 bits per heavy atom. The van der Waals surface area contributed by atoms with E-state index in [-0.39, 0.29) is 18.4 Å². The van der Waals surface area contributed by atoms with Crippen LogP contribution in [0.4, 0.5) is 0 Å². The first-order chi connectivity index (χ1) is 8.86. The maximum atomic E-state index is 12.4. The topological polar surface area (TPSA) is 57.6 Å². The van der Waals surface area contributed by atoms with Gasteiger partial charge in [0.15, 0.2) is 0 Å². The lowest BCUT2D eigenvalue weighted by molar-refractivity contribution is -0.138. The molecule has 0 saturated heterocycles. The molecule has 104 valence electrons. The Bertz CT molecular complexity index is 488. The molecule has 0 bridgehead atoms. The lowest BCUT2D eigenvalue weighted by Crippen LogP contribution is -2.39. The summed E-state index contributed by atoms with van der Waals surface area (Å²) in [6.45, 7) is 5.86. The van der Waals surface area contributed by atoms with E-state index in [2.05, 4.69) is 0 Å². The number of aliphatic carboxylic acids is 1. The summed E-state index contributed by atoms with van der Waals surface area (Å²) >= 11 is 5.93. The highest BCUT2D eigenvalue weighted by Gasteiger charge is 2.22. The molecule has 0 aromatic heterocycles. The van der Waals surface area contributed by atoms with E-state index >= 15 is 0 Å². The van der Waals surface area contributed by atoms with Crippen molar-refractivity contribution in [3.63, 3.8) is 0 Å². The number of carboxylic acid groups (broad SMARTS) is 1. The summed E-state index contributed by atoms with van der Waals surface area (Å²) in [5.74, 6) is -1.08. The van der Waals surface area contributed by atoms with Crippen molar-refractivity contribution in [3.8, 4) is 0 Å². The molecule has 0 radical (unpaired) electrons. The van der Waals surface area contributed by atoms with Crippen LogP contribution in [0.15, 0.2) is 18.2 Å². The third kappa shape index (κ3) is 3.96. The average molecular weight is 284 g/mol. The molecule has 19 heavy (non-hydrogen) atoms. The second-order valence-corrected chi connectivity index (χ2v) is 4.91. The van der Waals surface area contributed by atoms with Crippen LogP contribution in [0.2, 0.25) is 5.02 Å². The number of aryl methyl sites for hydroxylation is 1. The smallest absolute Gasteiger partial charge is 0.305 e. The minimum atomic E-state index is -0.911. The number of hydrogen-bond acceptors (Lipinski definition) is 2. The van der Waals surface area contributed by atoms with E-state index in [1.807, 2.05) is 13.8 Å².